The monoisotopic (exact) mass is 756 g/mol. The lowest BCUT2D eigenvalue weighted by atomic mass is 9.93. The summed E-state index contributed by atoms with van der Waals surface area (Å²) in [5.74, 6) is -0.621. The molecule has 0 aliphatic carbocycles. The van der Waals surface area contributed by atoms with Crippen LogP contribution in [0.2, 0.25) is 0 Å². The number of carbonyl (C=O) groups is 3. The first-order valence-corrected chi connectivity index (χ1v) is 18.5. The average Bonchev–Trinajstić information content (AvgIpc) is 3.79. The van der Waals surface area contributed by atoms with Crippen molar-refractivity contribution < 1.29 is 23.9 Å². The van der Waals surface area contributed by atoms with E-state index in [1.54, 1.807) is 30.1 Å². The SMILES string of the molecule is CC(C)c1nc(CN(C)C(=O)NC(C(=O)O[C@@H](C[C@@H](N)Cc2ccccc2)[C@H](Cc2ccccc2)NC(=O)OCc2cncs2)C(C)C)cs1.Cl. The number of benzene rings is 2. The fraction of sp³-hybridized carbons (Fsp3) is 0.432. The van der Waals surface area contributed by atoms with Crippen LogP contribution in [0, 0.1) is 5.92 Å². The summed E-state index contributed by atoms with van der Waals surface area (Å²) < 4.78 is 11.8. The number of ether oxygens (including phenoxy) is 2. The Morgan fingerprint density at radius 1 is 0.922 bits per heavy atom. The number of rotatable bonds is 17. The van der Waals surface area contributed by atoms with Crippen LogP contribution in [0.4, 0.5) is 9.59 Å². The lowest BCUT2D eigenvalue weighted by molar-refractivity contribution is -0.154. The molecule has 0 spiro atoms. The van der Waals surface area contributed by atoms with Gasteiger partial charge in [-0.1, -0.05) is 88.4 Å². The number of hydrogen-bond acceptors (Lipinski definition) is 10. The Balaban J connectivity index is 0.00000702. The first kappa shape index (κ1) is 41.4. The zero-order valence-corrected chi connectivity index (χ0v) is 32.1. The van der Waals surface area contributed by atoms with E-state index in [0.717, 1.165) is 26.7 Å². The summed E-state index contributed by atoms with van der Waals surface area (Å²) in [6.45, 7) is 8.18. The smallest absolute Gasteiger partial charge is 0.407 e. The number of nitrogens with zero attached hydrogens (tertiary/aromatic N) is 3. The van der Waals surface area contributed by atoms with Crippen LogP contribution in [0.15, 0.2) is 77.8 Å². The second-order valence-electron chi connectivity index (χ2n) is 13.0. The molecule has 276 valence electrons. The van der Waals surface area contributed by atoms with Gasteiger partial charge in [0.25, 0.3) is 0 Å². The van der Waals surface area contributed by atoms with E-state index in [0.29, 0.717) is 25.3 Å². The van der Waals surface area contributed by atoms with E-state index in [4.69, 9.17) is 15.2 Å². The molecule has 0 radical (unpaired) electrons. The number of nitrogens with one attached hydrogen (secondary N) is 2. The molecule has 4 aromatic rings. The van der Waals surface area contributed by atoms with Gasteiger partial charge in [0.15, 0.2) is 0 Å². The number of thiazole rings is 2. The number of urea groups is 1. The zero-order valence-electron chi connectivity index (χ0n) is 29.7. The van der Waals surface area contributed by atoms with Crippen LogP contribution in [0.25, 0.3) is 0 Å². The molecule has 2 aromatic carbocycles. The Hall–Kier alpha value is -4.04. The van der Waals surface area contributed by atoms with Crippen molar-refractivity contribution in [3.8, 4) is 0 Å². The second kappa shape index (κ2) is 20.7. The third-order valence-corrected chi connectivity index (χ3v) is 9.98. The first-order chi connectivity index (χ1) is 24.0. The van der Waals surface area contributed by atoms with Crippen molar-refractivity contribution in [2.45, 2.75) is 90.3 Å². The Labute approximate surface area is 314 Å². The zero-order chi connectivity index (χ0) is 36.0. The number of halogens is 1. The highest BCUT2D eigenvalue weighted by Crippen LogP contribution is 2.21. The van der Waals surface area contributed by atoms with Gasteiger partial charge in [-0.15, -0.1) is 35.1 Å². The molecule has 4 atom stereocenters. The molecule has 11 nitrogen and oxygen atoms in total. The summed E-state index contributed by atoms with van der Waals surface area (Å²) in [4.78, 5) is 51.5. The molecule has 4 rings (SSSR count). The average molecular weight is 757 g/mol. The van der Waals surface area contributed by atoms with Crippen LogP contribution in [-0.2, 0) is 40.3 Å². The Morgan fingerprint density at radius 3 is 2.14 bits per heavy atom. The highest BCUT2D eigenvalue weighted by molar-refractivity contribution is 7.09. The number of amides is 3. The number of esters is 1. The van der Waals surface area contributed by atoms with Gasteiger partial charge in [-0.2, -0.15) is 0 Å². The molecular formula is C37H49ClN6O5S2. The van der Waals surface area contributed by atoms with E-state index >= 15 is 0 Å². The Kier molecular flexibility index (Phi) is 16.8. The van der Waals surface area contributed by atoms with E-state index in [1.165, 1.54) is 16.2 Å². The lowest BCUT2D eigenvalue weighted by Crippen LogP contribution is -2.53. The van der Waals surface area contributed by atoms with Crippen molar-refractivity contribution in [1.82, 2.24) is 25.5 Å². The van der Waals surface area contributed by atoms with Crippen molar-refractivity contribution in [2.75, 3.05) is 7.05 Å². The molecule has 0 aliphatic heterocycles. The molecule has 0 fully saturated rings. The minimum Gasteiger partial charge on any atom is -0.459 e. The highest BCUT2D eigenvalue weighted by Gasteiger charge is 2.34. The number of carbonyl (C=O) groups excluding carboxylic acids is 3. The maximum Gasteiger partial charge on any atom is 0.407 e. The van der Waals surface area contributed by atoms with Crippen molar-refractivity contribution in [1.29, 1.82) is 0 Å². The van der Waals surface area contributed by atoms with Crippen molar-refractivity contribution in [3.05, 3.63) is 104 Å². The molecule has 51 heavy (non-hydrogen) atoms. The Morgan fingerprint density at radius 2 is 1.57 bits per heavy atom. The van der Waals surface area contributed by atoms with Crippen molar-refractivity contribution in [2.24, 2.45) is 11.7 Å². The van der Waals surface area contributed by atoms with Gasteiger partial charge in [-0.05, 0) is 29.9 Å². The summed E-state index contributed by atoms with van der Waals surface area (Å²) in [6, 6.07) is 16.9. The fourth-order valence-corrected chi connectivity index (χ4v) is 6.65. The molecule has 4 N–H and O–H groups in total. The third kappa shape index (κ3) is 13.6. The first-order valence-electron chi connectivity index (χ1n) is 16.8. The molecule has 1 unspecified atom stereocenters. The van der Waals surface area contributed by atoms with E-state index in [2.05, 4.69) is 34.4 Å². The standard InChI is InChI=1S/C37H48N6O5S2.ClH/c1-24(2)33(42-36(45)43(5)20-29-22-49-34(40-29)25(3)4)35(44)48-32(18-28(38)16-26-12-8-6-9-13-26)31(17-27-14-10-7-11-15-27)41-37(46)47-21-30-19-39-23-50-30;/h6-15,19,22-25,28,31-33H,16-18,20-21,38H2,1-5H3,(H,41,46)(H,42,45);1H/t28-,31-,32-,33?;/m0./s1. The van der Waals surface area contributed by atoms with Crippen molar-refractivity contribution >= 4 is 53.2 Å². The quantitative estimate of drug-likeness (QED) is 0.101. The van der Waals surface area contributed by atoms with Crippen LogP contribution in [0.1, 0.15) is 66.7 Å². The summed E-state index contributed by atoms with van der Waals surface area (Å²) in [5.41, 5.74) is 11.1. The normalized spacial score (nSPS) is 13.4. The van der Waals surface area contributed by atoms with Gasteiger partial charge in [0.2, 0.25) is 0 Å². The maximum atomic E-state index is 14.0. The molecular weight excluding hydrogens is 708 g/mol. The van der Waals surface area contributed by atoms with Gasteiger partial charge < -0.3 is 30.7 Å². The van der Waals surface area contributed by atoms with Gasteiger partial charge in [-0.3, -0.25) is 4.98 Å². The lowest BCUT2D eigenvalue weighted by Gasteiger charge is -2.32. The van der Waals surface area contributed by atoms with Crippen LogP contribution < -0.4 is 16.4 Å². The highest BCUT2D eigenvalue weighted by atomic mass is 35.5. The second-order valence-corrected chi connectivity index (χ2v) is 14.9. The predicted molar refractivity (Wildman–Crippen MR) is 204 cm³/mol. The van der Waals surface area contributed by atoms with Crippen molar-refractivity contribution in [3.63, 3.8) is 0 Å². The van der Waals surface area contributed by atoms with Crippen LogP contribution in [0.5, 0.6) is 0 Å². The summed E-state index contributed by atoms with van der Waals surface area (Å²) in [7, 11) is 1.66. The Bertz CT molecular complexity index is 1620. The molecule has 0 bridgehead atoms. The summed E-state index contributed by atoms with van der Waals surface area (Å²) >= 11 is 2.94. The summed E-state index contributed by atoms with van der Waals surface area (Å²) in [6.07, 6.45) is 1.26. The van der Waals surface area contributed by atoms with Crippen LogP contribution in [-0.4, -0.2) is 64.2 Å². The van der Waals surface area contributed by atoms with Gasteiger partial charge in [-0.25, -0.2) is 19.4 Å². The topological polar surface area (TPSA) is 149 Å². The van der Waals surface area contributed by atoms with Gasteiger partial charge >= 0.3 is 18.1 Å². The number of nitrogens with two attached hydrogens (primary N) is 1. The van der Waals surface area contributed by atoms with E-state index in [-0.39, 0.29) is 31.4 Å². The van der Waals surface area contributed by atoms with Gasteiger partial charge in [0.1, 0.15) is 18.8 Å². The minimum atomic E-state index is -0.963. The molecule has 0 saturated heterocycles. The largest absolute Gasteiger partial charge is 0.459 e. The van der Waals surface area contributed by atoms with Gasteiger partial charge in [0.05, 0.1) is 33.7 Å². The number of aromatic nitrogens is 2. The van der Waals surface area contributed by atoms with E-state index in [1.807, 2.05) is 79.9 Å². The summed E-state index contributed by atoms with van der Waals surface area (Å²) in [5, 5.41) is 8.77. The fourth-order valence-electron chi connectivity index (χ4n) is 5.32. The third-order valence-electron chi connectivity index (χ3n) is 8.03. The molecule has 0 aliphatic rings. The molecule has 2 aromatic heterocycles. The molecule has 3 amide bonds. The van der Waals surface area contributed by atoms with E-state index < -0.39 is 42.3 Å². The maximum absolute atomic E-state index is 14.0. The van der Waals surface area contributed by atoms with E-state index in [9.17, 15) is 14.4 Å². The number of alkyl carbamates (subject to hydrolysis) is 1. The predicted octanol–water partition coefficient (Wildman–Crippen LogP) is 6.72. The molecule has 0 saturated carbocycles. The minimum absolute atomic E-state index is 0. The molecule has 2 heterocycles. The van der Waals surface area contributed by atoms with Crippen LogP contribution >= 0.6 is 35.1 Å². The molecule has 14 heteroatoms. The van der Waals surface area contributed by atoms with Crippen LogP contribution in [0.3, 0.4) is 0 Å². The number of hydrogen-bond donors (Lipinski definition) is 3. The van der Waals surface area contributed by atoms with Gasteiger partial charge in [0, 0.05) is 37.0 Å².